The zero-order valence-corrected chi connectivity index (χ0v) is 21.3. The fourth-order valence-corrected chi connectivity index (χ4v) is 4.40. The Morgan fingerprint density at radius 3 is 2.71 bits per heavy atom. The first-order valence-electron chi connectivity index (χ1n) is 11.3. The van der Waals surface area contributed by atoms with E-state index >= 15 is 0 Å². The maximum Gasteiger partial charge on any atom is 0.163 e. The van der Waals surface area contributed by atoms with Gasteiger partial charge in [-0.05, 0) is 65.4 Å². The monoisotopic (exact) mass is 505 g/mol. The van der Waals surface area contributed by atoms with E-state index in [1.54, 1.807) is 6.07 Å². The van der Waals surface area contributed by atoms with Crippen molar-refractivity contribution in [2.75, 3.05) is 32.1 Å². The number of halogens is 2. The molecule has 1 aromatic carbocycles. The van der Waals surface area contributed by atoms with E-state index in [2.05, 4.69) is 15.8 Å². The molecule has 10 heteroatoms. The fraction of sp³-hybridized carbons (Fsp3) is 0.458. The number of nitrogens with one attached hydrogen (secondary N) is 2. The fourth-order valence-electron chi connectivity index (χ4n) is 3.97. The molecule has 2 atom stereocenters. The quantitative estimate of drug-likeness (QED) is 0.378. The lowest BCUT2D eigenvalue weighted by Gasteiger charge is -2.17. The Bertz CT molecular complexity index is 1130. The Labute approximate surface area is 209 Å². The predicted octanol–water partition coefficient (Wildman–Crippen LogP) is 5.30. The van der Waals surface area contributed by atoms with Crippen LogP contribution >= 0.6 is 23.2 Å². The second-order valence-electron chi connectivity index (χ2n) is 8.43. The molecule has 1 fully saturated rings. The Morgan fingerprint density at radius 1 is 1.21 bits per heavy atom. The molecule has 1 aliphatic rings. The van der Waals surface area contributed by atoms with E-state index in [0.717, 1.165) is 24.9 Å². The third kappa shape index (κ3) is 5.46. The SMILES string of the molecule is CNCCCOc1ccc(Cl)c(-c2nc(NC3COC(C)C3)c(Cl)c(-c3c(C)noc3C)n2)c1. The average Bonchev–Trinajstić information content (AvgIpc) is 3.38. The summed E-state index contributed by atoms with van der Waals surface area (Å²) in [6.07, 6.45) is 1.91. The van der Waals surface area contributed by atoms with Gasteiger partial charge < -0.3 is 24.6 Å². The van der Waals surface area contributed by atoms with E-state index in [1.165, 1.54) is 0 Å². The summed E-state index contributed by atoms with van der Waals surface area (Å²) in [5.74, 6) is 2.27. The third-order valence-corrected chi connectivity index (χ3v) is 6.37. The first kappa shape index (κ1) is 24.7. The lowest BCUT2D eigenvalue weighted by Crippen LogP contribution is -2.21. The number of benzene rings is 1. The molecule has 182 valence electrons. The van der Waals surface area contributed by atoms with Gasteiger partial charge in [-0.25, -0.2) is 9.97 Å². The Hall–Kier alpha value is -2.39. The molecule has 2 aromatic heterocycles. The summed E-state index contributed by atoms with van der Waals surface area (Å²) in [6, 6.07) is 5.57. The maximum atomic E-state index is 6.83. The standard InChI is InChI=1S/C24H29Cl2N5O3/c1-13-10-16(12-33-13)28-24-21(26)22(20-14(2)31-34-15(20)3)29-23(30-24)18-11-17(6-7-19(18)25)32-9-5-8-27-4/h6-7,11,13,16,27H,5,8-10,12H2,1-4H3,(H,28,29,30). The first-order chi connectivity index (χ1) is 16.4. The van der Waals surface area contributed by atoms with Crippen molar-refractivity contribution in [1.82, 2.24) is 20.4 Å². The second-order valence-corrected chi connectivity index (χ2v) is 9.21. The largest absolute Gasteiger partial charge is 0.494 e. The highest BCUT2D eigenvalue weighted by Crippen LogP contribution is 2.39. The molecule has 2 unspecified atom stereocenters. The summed E-state index contributed by atoms with van der Waals surface area (Å²) >= 11 is 13.4. The van der Waals surface area contributed by atoms with Gasteiger partial charge in [0.05, 0.1) is 41.6 Å². The van der Waals surface area contributed by atoms with Gasteiger partial charge in [-0.3, -0.25) is 0 Å². The molecule has 4 rings (SSSR count). The van der Waals surface area contributed by atoms with Crippen molar-refractivity contribution in [2.24, 2.45) is 0 Å². The second kappa shape index (κ2) is 10.9. The van der Waals surface area contributed by atoms with Crippen LogP contribution in [0.1, 0.15) is 31.2 Å². The van der Waals surface area contributed by atoms with Crippen LogP contribution in [0, 0.1) is 13.8 Å². The highest BCUT2D eigenvalue weighted by molar-refractivity contribution is 6.35. The van der Waals surface area contributed by atoms with Crippen molar-refractivity contribution in [1.29, 1.82) is 0 Å². The van der Waals surface area contributed by atoms with Crippen molar-refractivity contribution in [2.45, 2.75) is 45.8 Å². The number of hydrogen-bond donors (Lipinski definition) is 2. The van der Waals surface area contributed by atoms with E-state index in [-0.39, 0.29) is 12.1 Å². The van der Waals surface area contributed by atoms with Crippen LogP contribution in [0.4, 0.5) is 5.82 Å². The number of aryl methyl sites for hydroxylation is 2. The molecule has 0 amide bonds. The summed E-state index contributed by atoms with van der Waals surface area (Å²) < 4.78 is 17.0. The number of anilines is 1. The van der Waals surface area contributed by atoms with Crippen molar-refractivity contribution >= 4 is 29.0 Å². The lowest BCUT2D eigenvalue weighted by atomic mass is 10.1. The van der Waals surface area contributed by atoms with E-state index in [0.29, 0.717) is 63.4 Å². The van der Waals surface area contributed by atoms with Gasteiger partial charge >= 0.3 is 0 Å². The summed E-state index contributed by atoms with van der Waals surface area (Å²) in [7, 11) is 1.92. The van der Waals surface area contributed by atoms with E-state index < -0.39 is 0 Å². The van der Waals surface area contributed by atoms with Crippen LogP contribution in [0.5, 0.6) is 5.75 Å². The summed E-state index contributed by atoms with van der Waals surface area (Å²) in [5.41, 5.74) is 2.62. The van der Waals surface area contributed by atoms with Crippen LogP contribution in [-0.2, 0) is 4.74 Å². The zero-order chi connectivity index (χ0) is 24.2. The first-order valence-corrected chi connectivity index (χ1v) is 12.1. The van der Waals surface area contributed by atoms with Crippen molar-refractivity contribution in [3.63, 3.8) is 0 Å². The summed E-state index contributed by atoms with van der Waals surface area (Å²) in [6.45, 7) is 7.77. The molecule has 2 N–H and O–H groups in total. The molecule has 0 aliphatic carbocycles. The number of nitrogens with zero attached hydrogens (tertiary/aromatic N) is 3. The van der Waals surface area contributed by atoms with Gasteiger partial charge in [0.25, 0.3) is 0 Å². The van der Waals surface area contributed by atoms with Gasteiger partial charge in [0.1, 0.15) is 28.0 Å². The molecule has 1 aliphatic heterocycles. The number of aromatic nitrogens is 3. The van der Waals surface area contributed by atoms with Gasteiger partial charge in [0.15, 0.2) is 5.82 Å². The van der Waals surface area contributed by atoms with Crippen LogP contribution in [0.15, 0.2) is 22.7 Å². The normalized spacial score (nSPS) is 17.8. The molecule has 0 bridgehead atoms. The van der Waals surface area contributed by atoms with E-state index in [4.69, 9.17) is 47.2 Å². The van der Waals surface area contributed by atoms with E-state index in [1.807, 2.05) is 40.0 Å². The van der Waals surface area contributed by atoms with Gasteiger partial charge in [-0.1, -0.05) is 28.4 Å². The Balaban J connectivity index is 1.76. The molecule has 3 aromatic rings. The Morgan fingerprint density at radius 2 is 2.03 bits per heavy atom. The van der Waals surface area contributed by atoms with Crippen LogP contribution in [-0.4, -0.2) is 54.1 Å². The van der Waals surface area contributed by atoms with E-state index in [9.17, 15) is 0 Å². The topological polar surface area (TPSA) is 94.3 Å². The molecule has 3 heterocycles. The molecule has 0 saturated carbocycles. The van der Waals surface area contributed by atoms with Crippen LogP contribution in [0.2, 0.25) is 10.0 Å². The highest BCUT2D eigenvalue weighted by Gasteiger charge is 2.26. The Kier molecular flexibility index (Phi) is 7.93. The number of ether oxygens (including phenoxy) is 2. The minimum Gasteiger partial charge on any atom is -0.494 e. The minimum absolute atomic E-state index is 0.0880. The van der Waals surface area contributed by atoms with Crippen molar-refractivity contribution in [3.05, 3.63) is 39.7 Å². The third-order valence-electron chi connectivity index (χ3n) is 5.68. The van der Waals surface area contributed by atoms with Crippen LogP contribution < -0.4 is 15.4 Å². The molecule has 1 saturated heterocycles. The number of hydrogen-bond acceptors (Lipinski definition) is 8. The van der Waals surface area contributed by atoms with Crippen molar-refractivity contribution < 1.29 is 14.0 Å². The van der Waals surface area contributed by atoms with Crippen LogP contribution in [0.25, 0.3) is 22.6 Å². The van der Waals surface area contributed by atoms with Crippen LogP contribution in [0.3, 0.4) is 0 Å². The van der Waals surface area contributed by atoms with Gasteiger partial charge in [0.2, 0.25) is 0 Å². The van der Waals surface area contributed by atoms with Gasteiger partial charge in [-0.2, -0.15) is 0 Å². The molecule has 0 spiro atoms. The molecular formula is C24H29Cl2N5O3. The zero-order valence-electron chi connectivity index (χ0n) is 19.7. The molecule has 8 nitrogen and oxygen atoms in total. The van der Waals surface area contributed by atoms with Gasteiger partial charge in [0, 0.05) is 5.56 Å². The lowest BCUT2D eigenvalue weighted by molar-refractivity contribution is 0.124. The van der Waals surface area contributed by atoms with Crippen molar-refractivity contribution in [3.8, 4) is 28.4 Å². The molecular weight excluding hydrogens is 477 g/mol. The number of rotatable bonds is 9. The minimum atomic E-state index is 0.0880. The predicted molar refractivity (Wildman–Crippen MR) is 134 cm³/mol. The molecule has 0 radical (unpaired) electrons. The van der Waals surface area contributed by atoms with Gasteiger partial charge in [-0.15, -0.1) is 0 Å². The molecule has 34 heavy (non-hydrogen) atoms. The summed E-state index contributed by atoms with van der Waals surface area (Å²) in [4.78, 5) is 9.57. The summed E-state index contributed by atoms with van der Waals surface area (Å²) in [5, 5.41) is 11.5. The highest BCUT2D eigenvalue weighted by atomic mass is 35.5. The smallest absolute Gasteiger partial charge is 0.163 e. The maximum absolute atomic E-state index is 6.83. The average molecular weight is 506 g/mol.